The van der Waals surface area contributed by atoms with Gasteiger partial charge in [-0.25, -0.2) is 16.8 Å². The summed E-state index contributed by atoms with van der Waals surface area (Å²) in [4.78, 5) is 4.94. The molecule has 0 saturated carbocycles. The van der Waals surface area contributed by atoms with Crippen LogP contribution in [0.1, 0.15) is 27.7 Å². The monoisotopic (exact) mass is 459 g/mol. The molecular formula is C12H24F6LiN3O4S2. The van der Waals surface area contributed by atoms with E-state index in [4.69, 9.17) is 0 Å². The maximum atomic E-state index is 11.4. The van der Waals surface area contributed by atoms with Crippen LogP contribution in [0.5, 0.6) is 0 Å². The minimum atomic E-state index is -6.72. The van der Waals surface area contributed by atoms with Gasteiger partial charge in [0.25, 0.3) is 0 Å². The number of nitrogens with zero attached hydrogens (tertiary/aromatic N) is 3. The minimum absolute atomic E-state index is 0. The van der Waals surface area contributed by atoms with Gasteiger partial charge < -0.3 is 13.9 Å². The van der Waals surface area contributed by atoms with E-state index in [1.807, 2.05) is 0 Å². The van der Waals surface area contributed by atoms with Gasteiger partial charge in [-0.3, -0.25) is 0 Å². The Morgan fingerprint density at radius 2 is 0.857 bits per heavy atom. The molecule has 0 aliphatic carbocycles. The van der Waals surface area contributed by atoms with E-state index >= 15 is 0 Å². The number of hydrogen-bond acceptors (Lipinski definition) is 6. The van der Waals surface area contributed by atoms with Crippen molar-refractivity contribution in [3.63, 3.8) is 0 Å². The molecule has 16 heteroatoms. The van der Waals surface area contributed by atoms with Crippen LogP contribution in [0.15, 0.2) is 0 Å². The maximum Gasteiger partial charge on any atom is 1.00 e. The molecule has 0 aromatic carbocycles. The molecule has 0 spiro atoms. The van der Waals surface area contributed by atoms with Crippen molar-refractivity contribution in [2.75, 3.05) is 39.3 Å². The van der Waals surface area contributed by atoms with Gasteiger partial charge in [0.2, 0.25) is 0 Å². The van der Waals surface area contributed by atoms with Crippen molar-refractivity contribution in [2.24, 2.45) is 0 Å². The molecule has 0 unspecified atom stereocenters. The number of sulfonamides is 2. The first kappa shape index (κ1) is 32.6. The van der Waals surface area contributed by atoms with E-state index in [2.05, 4.69) is 37.5 Å². The van der Waals surface area contributed by atoms with E-state index in [0.29, 0.717) is 0 Å². The first-order valence-electron chi connectivity index (χ1n) is 7.80. The van der Waals surface area contributed by atoms with Crippen LogP contribution in [0, 0.1) is 0 Å². The Balaban J connectivity index is -0.000000441. The largest absolute Gasteiger partial charge is 1.00 e. The van der Waals surface area contributed by atoms with Gasteiger partial charge in [-0.05, 0) is 26.2 Å². The Labute approximate surface area is 174 Å². The van der Waals surface area contributed by atoms with Crippen molar-refractivity contribution in [1.82, 2.24) is 9.80 Å². The molecular weight excluding hydrogens is 435 g/mol. The van der Waals surface area contributed by atoms with E-state index < -0.39 is 31.1 Å². The molecule has 0 saturated heterocycles. The van der Waals surface area contributed by atoms with E-state index in [-0.39, 0.29) is 18.9 Å². The van der Waals surface area contributed by atoms with E-state index in [1.165, 1.54) is 39.3 Å². The van der Waals surface area contributed by atoms with Crippen molar-refractivity contribution < 1.29 is 62.0 Å². The third-order valence-electron chi connectivity index (χ3n) is 3.30. The molecule has 0 fully saturated rings. The third-order valence-corrected chi connectivity index (χ3v) is 6.04. The molecule has 28 heavy (non-hydrogen) atoms. The first-order valence-corrected chi connectivity index (χ1v) is 10.7. The maximum absolute atomic E-state index is 11.4. The van der Waals surface area contributed by atoms with Gasteiger partial charge in [-0.2, -0.15) is 26.3 Å². The van der Waals surface area contributed by atoms with Crippen LogP contribution in [0.4, 0.5) is 26.3 Å². The molecule has 7 nitrogen and oxygen atoms in total. The minimum Gasteiger partial charge on any atom is -0.421 e. The molecule has 0 radical (unpaired) electrons. The fraction of sp³-hybridized carbons (Fsp3) is 1.00. The number of halogens is 6. The van der Waals surface area contributed by atoms with Crippen LogP contribution < -0.4 is 18.9 Å². The fourth-order valence-electron chi connectivity index (χ4n) is 1.58. The van der Waals surface area contributed by atoms with Crippen molar-refractivity contribution in [3.05, 3.63) is 4.13 Å². The third kappa shape index (κ3) is 11.8. The second kappa shape index (κ2) is 13.3. The van der Waals surface area contributed by atoms with Crippen LogP contribution in [-0.2, 0) is 20.0 Å². The average Bonchev–Trinajstić information content (AvgIpc) is 2.49. The number of rotatable bonds is 9. The molecule has 166 valence electrons. The SMILES string of the molecule is CCN(CC)CCN(CC)CC.O=S(=O)([N-]S(=O)(=O)C(F)(F)F)C(F)(F)F.[Li+]. The van der Waals surface area contributed by atoms with Gasteiger partial charge in [0, 0.05) is 13.1 Å². The van der Waals surface area contributed by atoms with E-state index in [0.717, 1.165) is 4.13 Å². The summed E-state index contributed by atoms with van der Waals surface area (Å²) in [7, 11) is -13.4. The molecule has 0 N–H and O–H groups in total. The number of alkyl halides is 6. The summed E-state index contributed by atoms with van der Waals surface area (Å²) < 4.78 is 109. The van der Waals surface area contributed by atoms with Crippen LogP contribution >= 0.6 is 0 Å². The van der Waals surface area contributed by atoms with Crippen LogP contribution in [-0.4, -0.2) is 76.9 Å². The summed E-state index contributed by atoms with van der Waals surface area (Å²) in [6.45, 7) is 16.1. The van der Waals surface area contributed by atoms with E-state index in [1.54, 1.807) is 0 Å². The topological polar surface area (TPSA) is 88.9 Å². The zero-order valence-corrected chi connectivity index (χ0v) is 17.9. The molecule has 0 heterocycles. The van der Waals surface area contributed by atoms with Crippen LogP contribution in [0.3, 0.4) is 0 Å². The summed E-state index contributed by atoms with van der Waals surface area (Å²) in [5, 5.41) is 0. The normalized spacial score (nSPS) is 13.1. The van der Waals surface area contributed by atoms with Gasteiger partial charge >= 0.3 is 29.9 Å². The Hall–Kier alpha value is -0.0426. The Morgan fingerprint density at radius 3 is 1.00 bits per heavy atom. The summed E-state index contributed by atoms with van der Waals surface area (Å²) >= 11 is 0. The van der Waals surface area contributed by atoms with E-state index in [9.17, 15) is 43.2 Å². The van der Waals surface area contributed by atoms with Crippen molar-refractivity contribution >= 4 is 20.0 Å². The summed E-state index contributed by atoms with van der Waals surface area (Å²) in [6.07, 6.45) is 0. The second-order valence-electron chi connectivity index (χ2n) is 4.97. The predicted octanol–water partition coefficient (Wildman–Crippen LogP) is -0.267. The van der Waals surface area contributed by atoms with Crippen molar-refractivity contribution in [1.29, 1.82) is 0 Å². The van der Waals surface area contributed by atoms with Crippen LogP contribution in [0.2, 0.25) is 0 Å². The zero-order valence-electron chi connectivity index (χ0n) is 16.3. The Kier molecular flexibility index (Phi) is 15.5. The molecule has 0 rings (SSSR count). The number of likely N-dealkylation sites (N-methyl/N-ethyl adjacent to an activating group) is 2. The Morgan fingerprint density at radius 1 is 0.643 bits per heavy atom. The zero-order chi connectivity index (χ0) is 22.1. The predicted molar refractivity (Wildman–Crippen MR) is 88.9 cm³/mol. The summed E-state index contributed by atoms with van der Waals surface area (Å²) in [5.74, 6) is 0. The van der Waals surface area contributed by atoms with Crippen LogP contribution in [0.25, 0.3) is 4.13 Å². The van der Waals surface area contributed by atoms with Gasteiger partial charge in [-0.15, -0.1) is 0 Å². The molecule has 0 bridgehead atoms. The summed E-state index contributed by atoms with van der Waals surface area (Å²) in [6, 6.07) is 0. The molecule has 0 aromatic rings. The molecule has 0 atom stereocenters. The van der Waals surface area contributed by atoms with Gasteiger partial charge in [0.1, 0.15) is 0 Å². The van der Waals surface area contributed by atoms with Gasteiger partial charge in [0.15, 0.2) is 20.0 Å². The van der Waals surface area contributed by atoms with Crippen molar-refractivity contribution in [2.45, 2.75) is 38.7 Å². The second-order valence-corrected chi connectivity index (χ2v) is 8.39. The molecule has 0 aliphatic heterocycles. The fourth-order valence-corrected chi connectivity index (χ4v) is 3.29. The van der Waals surface area contributed by atoms with Crippen molar-refractivity contribution in [3.8, 4) is 0 Å². The van der Waals surface area contributed by atoms with Gasteiger partial charge in [-0.1, -0.05) is 27.7 Å². The first-order chi connectivity index (χ1) is 12.0. The Bertz CT molecular complexity index is 564. The molecule has 0 amide bonds. The standard InChI is InChI=1S/C10H24N2.C2F6NO4S2.Li/c1-5-11(6-2)9-10-12(7-3)8-4;3-1(4,5)14(10,11)9-15(12,13)2(6,7)8;/h5-10H2,1-4H3;;/q;-1;+1. The number of hydrogen-bond donors (Lipinski definition) is 0. The molecule has 0 aliphatic rings. The average molecular weight is 459 g/mol. The summed E-state index contributed by atoms with van der Waals surface area (Å²) in [5.41, 5.74) is -12.4. The quantitative estimate of drug-likeness (QED) is 0.349. The molecule has 0 aromatic heterocycles. The van der Waals surface area contributed by atoms with Gasteiger partial charge in [0.05, 0.1) is 0 Å². The smallest absolute Gasteiger partial charge is 0.421 e.